The Balaban J connectivity index is -0.000000256. The third-order valence-corrected chi connectivity index (χ3v) is 1.38. The molecule has 0 aliphatic rings. The number of hydrogen-bond acceptors (Lipinski definition) is 10. The van der Waals surface area contributed by atoms with E-state index >= 15 is 0 Å². The van der Waals surface area contributed by atoms with Crippen LogP contribution in [-0.4, -0.2) is 63.3 Å². The van der Waals surface area contributed by atoms with Crippen LogP contribution in [0.2, 0.25) is 0 Å². The average molecular weight is 469 g/mol. The molecule has 4 radical (unpaired) electrons. The fourth-order valence-electron chi connectivity index (χ4n) is 0.526. The van der Waals surface area contributed by atoms with Gasteiger partial charge in [-0.05, 0) is 0 Å². The largest absolute Gasteiger partial charge is 0.550 e. The second-order valence-corrected chi connectivity index (χ2v) is 3.00. The van der Waals surface area contributed by atoms with Gasteiger partial charge >= 0.3 is 0 Å². The monoisotopic (exact) mass is 470 g/mol. The van der Waals surface area contributed by atoms with Gasteiger partial charge in [-0.15, -0.1) is 0 Å². The van der Waals surface area contributed by atoms with Gasteiger partial charge in [-0.25, -0.2) is 0 Å². The molecule has 0 rings (SSSR count). The van der Waals surface area contributed by atoms with Crippen LogP contribution in [-0.2, 0) is 19.2 Å². The molecule has 0 aromatic heterocycles. The molecule has 0 aromatic carbocycles. The average Bonchev–Trinajstić information content (AvgIpc) is 2.16. The molecule has 19 heavy (non-hydrogen) atoms. The maximum atomic E-state index is 9.71. The Hall–Kier alpha value is -1.28. The zero-order chi connectivity index (χ0) is 14.9. The molecule has 4 N–H and O–H groups in total. The van der Waals surface area contributed by atoms with Gasteiger partial charge in [0.05, 0.1) is 11.9 Å². The summed E-state index contributed by atoms with van der Waals surface area (Å²) in [5.41, 5.74) is 9.47. The van der Waals surface area contributed by atoms with Crippen molar-refractivity contribution in [2.75, 3.05) is 0 Å². The van der Waals surface area contributed by atoms with Crippen LogP contribution in [0.25, 0.3) is 0 Å². The second-order valence-electron chi connectivity index (χ2n) is 3.00. The summed E-state index contributed by atoms with van der Waals surface area (Å²) in [6.07, 6.45) is -1.41. The minimum absolute atomic E-state index is 0. The Morgan fingerprint density at radius 3 is 1.00 bits per heavy atom. The standard InChI is InChI=1S/2C4H7NO4.Pb/c2*5-2(4(8)9)1-3(6)7;/h2*2H,1,5H2,(H,6,7)(H,8,9);/p-4/t2*2-;/m00./s1. The van der Waals surface area contributed by atoms with Crippen LogP contribution in [0.5, 0.6) is 0 Å². The minimum atomic E-state index is -1.58. The molecule has 0 saturated heterocycles. The summed E-state index contributed by atoms with van der Waals surface area (Å²) >= 11 is 0. The van der Waals surface area contributed by atoms with Crippen molar-refractivity contribution in [2.45, 2.75) is 24.9 Å². The molecule has 0 unspecified atom stereocenters. The fourth-order valence-corrected chi connectivity index (χ4v) is 0.526. The summed E-state index contributed by atoms with van der Waals surface area (Å²) in [4.78, 5) is 38.7. The molecular formula is C8H10N2O8Pb-4. The third kappa shape index (κ3) is 16.7. The summed E-state index contributed by atoms with van der Waals surface area (Å²) in [6, 6.07) is -2.93. The molecule has 0 heterocycles. The van der Waals surface area contributed by atoms with E-state index in [1.807, 2.05) is 0 Å². The smallest absolute Gasteiger partial charge is 0.0586 e. The minimum Gasteiger partial charge on any atom is -0.550 e. The van der Waals surface area contributed by atoms with Crippen molar-refractivity contribution in [3.8, 4) is 0 Å². The fraction of sp³-hybridized carbons (Fsp3) is 0.500. The Labute approximate surface area is 127 Å². The molecule has 0 saturated carbocycles. The Kier molecular flexibility index (Phi) is 14.2. The van der Waals surface area contributed by atoms with Crippen molar-refractivity contribution in [1.29, 1.82) is 0 Å². The Morgan fingerprint density at radius 1 is 0.737 bits per heavy atom. The van der Waals surface area contributed by atoms with Crippen molar-refractivity contribution in [3.63, 3.8) is 0 Å². The summed E-state index contributed by atoms with van der Waals surface area (Å²) in [5.74, 6) is -6.16. The molecule has 0 aromatic rings. The predicted octanol–water partition coefficient (Wildman–Crippen LogP) is -7.97. The van der Waals surface area contributed by atoms with Gasteiger partial charge in [-0.2, -0.15) is 0 Å². The van der Waals surface area contributed by atoms with Crippen LogP contribution in [0.4, 0.5) is 0 Å². The molecule has 0 spiro atoms. The van der Waals surface area contributed by atoms with Crippen molar-refractivity contribution in [1.82, 2.24) is 0 Å². The number of hydrogen-bond donors (Lipinski definition) is 2. The van der Waals surface area contributed by atoms with Crippen LogP contribution in [0.15, 0.2) is 0 Å². The topological polar surface area (TPSA) is 213 Å². The van der Waals surface area contributed by atoms with Gasteiger partial charge in [0, 0.05) is 64.2 Å². The maximum absolute atomic E-state index is 9.71. The van der Waals surface area contributed by atoms with Crippen LogP contribution < -0.4 is 31.9 Å². The summed E-state index contributed by atoms with van der Waals surface area (Å²) in [7, 11) is 0. The van der Waals surface area contributed by atoms with Crippen LogP contribution in [0, 0.1) is 0 Å². The molecule has 0 fully saturated rings. The van der Waals surface area contributed by atoms with E-state index in [1.165, 1.54) is 0 Å². The van der Waals surface area contributed by atoms with E-state index < -0.39 is 48.8 Å². The molecule has 0 aliphatic heterocycles. The molecule has 108 valence electrons. The molecule has 0 amide bonds. The number of rotatable bonds is 6. The van der Waals surface area contributed by atoms with E-state index in [4.69, 9.17) is 11.5 Å². The van der Waals surface area contributed by atoms with E-state index in [1.54, 1.807) is 0 Å². The van der Waals surface area contributed by atoms with Gasteiger partial charge in [0.25, 0.3) is 0 Å². The molecule has 0 aliphatic carbocycles. The van der Waals surface area contributed by atoms with Crippen molar-refractivity contribution in [2.24, 2.45) is 11.5 Å². The Bertz CT molecular complexity index is 303. The second kappa shape index (κ2) is 11.8. The summed E-state index contributed by atoms with van der Waals surface area (Å²) in [5, 5.41) is 38.7. The van der Waals surface area contributed by atoms with Gasteiger partial charge in [-0.3, -0.25) is 0 Å². The number of aliphatic carboxylic acids is 4. The maximum Gasteiger partial charge on any atom is 0.0586 e. The predicted molar refractivity (Wildman–Crippen MR) is 51.0 cm³/mol. The third-order valence-electron chi connectivity index (χ3n) is 1.38. The van der Waals surface area contributed by atoms with E-state index in [0.29, 0.717) is 0 Å². The van der Waals surface area contributed by atoms with Crippen LogP contribution in [0.1, 0.15) is 12.8 Å². The first kappa shape index (κ1) is 22.9. The quantitative estimate of drug-likeness (QED) is 0.350. The molecule has 10 nitrogen and oxygen atoms in total. The Morgan fingerprint density at radius 2 is 0.947 bits per heavy atom. The number of carboxylic acids is 4. The number of carbonyl (C=O) groups excluding carboxylic acids is 4. The van der Waals surface area contributed by atoms with Gasteiger partial charge in [0.15, 0.2) is 0 Å². The number of nitrogens with two attached hydrogens (primary N) is 2. The first-order valence-electron chi connectivity index (χ1n) is 4.40. The molecular weight excluding hydrogens is 459 g/mol. The van der Waals surface area contributed by atoms with E-state index in [2.05, 4.69) is 0 Å². The van der Waals surface area contributed by atoms with Gasteiger partial charge < -0.3 is 51.1 Å². The van der Waals surface area contributed by atoms with Crippen molar-refractivity contribution >= 4 is 51.2 Å². The van der Waals surface area contributed by atoms with Crippen molar-refractivity contribution < 1.29 is 39.6 Å². The zero-order valence-corrected chi connectivity index (χ0v) is 13.4. The van der Waals surface area contributed by atoms with Crippen LogP contribution >= 0.6 is 0 Å². The molecule has 2 atom stereocenters. The molecule has 0 bridgehead atoms. The number of carboxylic acid groups (broad SMARTS) is 4. The van der Waals surface area contributed by atoms with E-state index in [0.717, 1.165) is 0 Å². The molecule has 11 heteroatoms. The summed E-state index contributed by atoms with van der Waals surface area (Å²) < 4.78 is 0. The first-order chi connectivity index (χ1) is 8.07. The van der Waals surface area contributed by atoms with Crippen molar-refractivity contribution in [3.05, 3.63) is 0 Å². The SMILES string of the molecule is N[C@@H](CC(=O)[O-])C(=O)[O-].N[C@@H](CC(=O)[O-])C(=O)[O-].[Pb]. The van der Waals surface area contributed by atoms with Gasteiger partial charge in [-0.1, -0.05) is 0 Å². The van der Waals surface area contributed by atoms with E-state index in [9.17, 15) is 39.6 Å². The first-order valence-corrected chi connectivity index (χ1v) is 4.40. The number of carbonyl (C=O) groups is 4. The zero-order valence-electron chi connectivity index (χ0n) is 9.49. The van der Waals surface area contributed by atoms with E-state index in [-0.39, 0.29) is 27.3 Å². The van der Waals surface area contributed by atoms with Gasteiger partial charge in [0.2, 0.25) is 0 Å². The summed E-state index contributed by atoms with van der Waals surface area (Å²) in [6.45, 7) is 0. The van der Waals surface area contributed by atoms with Gasteiger partial charge in [0.1, 0.15) is 0 Å². The normalized spacial score (nSPS) is 11.9. The van der Waals surface area contributed by atoms with Crippen LogP contribution in [0.3, 0.4) is 0 Å².